The quantitative estimate of drug-likeness (QED) is 0.559. The molecule has 0 N–H and O–H groups in total. The van der Waals surface area contributed by atoms with E-state index in [1.807, 2.05) is 0 Å². The fourth-order valence-corrected chi connectivity index (χ4v) is 10.1. The maximum atomic E-state index is 7.92. The average Bonchev–Trinajstić information content (AvgIpc) is 1.59. The van der Waals surface area contributed by atoms with Crippen LogP contribution in [-0.2, 0) is 0 Å². The number of hydrogen-bond acceptors (Lipinski definition) is 0. The maximum absolute atomic E-state index is 7.92. The van der Waals surface area contributed by atoms with E-state index >= 15 is 0 Å². The van der Waals surface area contributed by atoms with Gasteiger partial charge in [-0.05, 0) is 6.58 Å². The Labute approximate surface area is 67.4 Å². The van der Waals surface area contributed by atoms with Gasteiger partial charge in [-0.3, -0.25) is 0 Å². The zero-order chi connectivity index (χ0) is 8.58. The molecule has 0 saturated carbocycles. The average molecular weight is 170 g/mol. The van der Waals surface area contributed by atoms with Crippen LogP contribution in [-0.4, -0.2) is 16.1 Å². The molecule has 0 aliphatic heterocycles. The molecule has 0 bridgehead atoms. The molecule has 10 heavy (non-hydrogen) atoms. The van der Waals surface area contributed by atoms with Crippen molar-refractivity contribution in [2.45, 2.75) is 39.3 Å². The summed E-state index contributed by atoms with van der Waals surface area (Å²) in [6.45, 7) is 21.5. The van der Waals surface area contributed by atoms with Gasteiger partial charge in [-0.25, -0.2) is 0 Å². The Hall–Kier alpha value is 0.174. The van der Waals surface area contributed by atoms with Crippen molar-refractivity contribution in [3.05, 3.63) is 11.4 Å². The van der Waals surface area contributed by atoms with Gasteiger partial charge in [-0.2, -0.15) is 0 Å². The van der Waals surface area contributed by atoms with Crippen molar-refractivity contribution in [3.63, 3.8) is 0 Å². The van der Waals surface area contributed by atoms with E-state index in [9.17, 15) is 0 Å². The minimum atomic E-state index is -1.25. The second kappa shape index (κ2) is 2.66. The van der Waals surface area contributed by atoms with E-state index in [2.05, 4.69) is 39.3 Å². The van der Waals surface area contributed by atoms with Crippen molar-refractivity contribution < 1.29 is 0 Å². The Morgan fingerprint density at radius 3 is 1.00 bits per heavy atom. The highest BCUT2D eigenvalue weighted by atomic mass is 28.4. The molecule has 2 radical (unpaired) electrons. The van der Waals surface area contributed by atoms with Gasteiger partial charge in [0.2, 0.25) is 0 Å². The maximum Gasteiger partial charge on any atom is 0.0690 e. The number of rotatable bonds is 2. The lowest BCUT2D eigenvalue weighted by Crippen LogP contribution is -2.39. The Balaban J connectivity index is 4.40. The highest BCUT2D eigenvalue weighted by Gasteiger charge is 2.28. The summed E-state index contributed by atoms with van der Waals surface area (Å²) in [6, 6.07) is 0. The molecule has 0 fully saturated rings. The van der Waals surface area contributed by atoms with Gasteiger partial charge in [-0.15, -0.1) is 0 Å². The fraction of sp³-hybridized carbons (Fsp3) is 0.750. The molecule has 0 atom stereocenters. The second-order valence-electron chi connectivity index (χ2n) is 4.88. The molecule has 0 aliphatic rings. The summed E-state index contributed by atoms with van der Waals surface area (Å²) in [5.74, 6) is 0. The predicted octanol–water partition coefficient (Wildman–Crippen LogP) is 2.98. The standard InChI is InChI=1S/C8H18Si2/c1-8(9(2,3)4)10(5,6)7/h2-7H3. The first kappa shape index (κ1) is 10.2. The first-order valence-corrected chi connectivity index (χ1v) is 10.8. The van der Waals surface area contributed by atoms with Gasteiger partial charge < -0.3 is 0 Å². The molecule has 0 aromatic rings. The highest BCUT2D eigenvalue weighted by Crippen LogP contribution is 2.22. The van der Waals surface area contributed by atoms with E-state index in [-0.39, 0.29) is 0 Å². The molecule has 0 aliphatic carbocycles. The molecular formula is C8H18Si2. The normalized spacial score (nSPS) is 13.4. The lowest BCUT2D eigenvalue weighted by atomic mass is 11.2. The fourth-order valence-electron chi connectivity index (χ4n) is 1.12. The molecule has 0 aromatic heterocycles. The van der Waals surface area contributed by atoms with Crippen LogP contribution >= 0.6 is 0 Å². The van der Waals surface area contributed by atoms with Gasteiger partial charge in [-0.1, -0.05) is 44.1 Å². The first-order valence-electron chi connectivity index (χ1n) is 3.75. The van der Waals surface area contributed by atoms with E-state index in [0.29, 0.717) is 0 Å². The lowest BCUT2D eigenvalue weighted by Gasteiger charge is -2.29. The monoisotopic (exact) mass is 170 g/mol. The predicted molar refractivity (Wildman–Crippen MR) is 53.4 cm³/mol. The highest BCUT2D eigenvalue weighted by molar-refractivity contribution is 7.04. The summed E-state index contributed by atoms with van der Waals surface area (Å²) in [4.78, 5) is 1.10. The molecule has 0 unspecified atom stereocenters. The van der Waals surface area contributed by atoms with Crippen molar-refractivity contribution in [1.82, 2.24) is 0 Å². The molecule has 2 heteroatoms. The zero-order valence-electron chi connectivity index (χ0n) is 8.00. The Bertz CT molecular complexity index is 118. The summed E-state index contributed by atoms with van der Waals surface area (Å²) in [6.07, 6.45) is 0. The summed E-state index contributed by atoms with van der Waals surface area (Å²) in [5.41, 5.74) is 0. The van der Waals surface area contributed by atoms with E-state index < -0.39 is 16.1 Å². The zero-order valence-corrected chi connectivity index (χ0v) is 10.0. The van der Waals surface area contributed by atoms with Crippen LogP contribution in [0.1, 0.15) is 0 Å². The Morgan fingerprint density at radius 1 is 0.800 bits per heavy atom. The van der Waals surface area contributed by atoms with Crippen molar-refractivity contribution in [1.29, 1.82) is 0 Å². The van der Waals surface area contributed by atoms with Crippen molar-refractivity contribution in [2.75, 3.05) is 0 Å². The minimum Gasteiger partial charge on any atom is -0.0831 e. The molecule has 0 heterocycles. The summed E-state index contributed by atoms with van der Waals surface area (Å²) >= 11 is 0. The van der Waals surface area contributed by atoms with Gasteiger partial charge in [0.1, 0.15) is 0 Å². The van der Waals surface area contributed by atoms with Crippen LogP contribution in [0.2, 0.25) is 39.3 Å². The van der Waals surface area contributed by atoms with Gasteiger partial charge in [0.15, 0.2) is 0 Å². The summed E-state index contributed by atoms with van der Waals surface area (Å²) in [7, 11) is -2.50. The molecule has 0 spiro atoms. The third-order valence-corrected chi connectivity index (χ3v) is 9.00. The van der Waals surface area contributed by atoms with Gasteiger partial charge in [0, 0.05) is 0 Å². The van der Waals surface area contributed by atoms with Crippen LogP contribution < -0.4 is 0 Å². The summed E-state index contributed by atoms with van der Waals surface area (Å²) in [5, 5.41) is 0. The molecule has 58 valence electrons. The van der Waals surface area contributed by atoms with Crippen LogP contribution in [0.4, 0.5) is 0 Å². The lowest BCUT2D eigenvalue weighted by molar-refractivity contribution is 1.64. The third kappa shape index (κ3) is 2.84. The minimum absolute atomic E-state index is 1.10. The van der Waals surface area contributed by atoms with Gasteiger partial charge in [0.25, 0.3) is 0 Å². The second-order valence-corrected chi connectivity index (χ2v) is 15.4. The van der Waals surface area contributed by atoms with Crippen molar-refractivity contribution in [3.8, 4) is 0 Å². The Morgan fingerprint density at radius 2 is 1.00 bits per heavy atom. The molecule has 0 aromatic carbocycles. The van der Waals surface area contributed by atoms with E-state index in [1.165, 1.54) is 0 Å². The smallest absolute Gasteiger partial charge is 0.0690 e. The Kier molecular flexibility index (Phi) is 2.71. The van der Waals surface area contributed by atoms with Crippen LogP contribution in [0, 0.1) is 6.58 Å². The largest absolute Gasteiger partial charge is 0.0831 e. The van der Waals surface area contributed by atoms with Crippen LogP contribution in [0.5, 0.6) is 0 Å². The summed E-state index contributed by atoms with van der Waals surface area (Å²) < 4.78 is 0. The van der Waals surface area contributed by atoms with E-state index in [1.54, 1.807) is 0 Å². The van der Waals surface area contributed by atoms with Gasteiger partial charge in [0.05, 0.1) is 16.1 Å². The van der Waals surface area contributed by atoms with Gasteiger partial charge >= 0.3 is 0 Å². The van der Waals surface area contributed by atoms with Crippen molar-refractivity contribution in [2.24, 2.45) is 0 Å². The molecular weight excluding hydrogens is 152 g/mol. The topological polar surface area (TPSA) is 0 Å². The molecule has 0 nitrogen and oxygen atoms in total. The van der Waals surface area contributed by atoms with Crippen LogP contribution in [0.15, 0.2) is 4.82 Å². The van der Waals surface area contributed by atoms with E-state index in [4.69, 9.17) is 6.58 Å². The van der Waals surface area contributed by atoms with Crippen LogP contribution in [0.3, 0.4) is 0 Å². The third-order valence-electron chi connectivity index (χ3n) is 1.50. The molecule has 0 rings (SSSR count). The molecule has 0 saturated heterocycles. The first-order chi connectivity index (χ1) is 4.15. The SMILES string of the molecule is [C]=C([Si](C)(C)C)[Si](C)(C)C. The van der Waals surface area contributed by atoms with Crippen molar-refractivity contribution >= 4 is 16.1 Å². The number of hydrogen-bond donors (Lipinski definition) is 0. The van der Waals surface area contributed by atoms with E-state index in [0.717, 1.165) is 4.82 Å². The molecule has 0 amide bonds. The van der Waals surface area contributed by atoms with Crippen LogP contribution in [0.25, 0.3) is 0 Å².